The molecule has 0 saturated heterocycles. The van der Waals surface area contributed by atoms with Crippen molar-refractivity contribution in [2.24, 2.45) is 5.92 Å². The molecule has 1 aromatic carbocycles. The highest BCUT2D eigenvalue weighted by atomic mass is 16.5. The van der Waals surface area contributed by atoms with E-state index in [0.717, 1.165) is 43.2 Å². The average Bonchev–Trinajstić information content (AvgIpc) is 2.61. The van der Waals surface area contributed by atoms with Crippen LogP contribution in [0.15, 0.2) is 36.6 Å². The van der Waals surface area contributed by atoms with Crippen LogP contribution in [0.3, 0.4) is 0 Å². The van der Waals surface area contributed by atoms with Gasteiger partial charge < -0.3 is 19.3 Å². The van der Waals surface area contributed by atoms with E-state index in [1.54, 1.807) is 14.2 Å². The van der Waals surface area contributed by atoms with Crippen LogP contribution in [0.2, 0.25) is 0 Å². The predicted molar refractivity (Wildman–Crippen MR) is 101 cm³/mol. The molecule has 2 rings (SSSR count). The Morgan fingerprint density at radius 2 is 1.75 bits per heavy atom. The molecule has 1 heterocycles. The molecule has 132 valence electrons. The van der Waals surface area contributed by atoms with Gasteiger partial charge in [0.15, 0.2) is 0 Å². The minimum Gasteiger partial charge on any atom is -0.497 e. The first kappa shape index (κ1) is 18.4. The van der Waals surface area contributed by atoms with Crippen molar-refractivity contribution in [2.45, 2.75) is 13.8 Å². The Bertz CT molecular complexity index is 583. The van der Waals surface area contributed by atoms with Crippen molar-refractivity contribution in [2.75, 3.05) is 47.4 Å². The summed E-state index contributed by atoms with van der Waals surface area (Å²) in [5, 5.41) is 0. The summed E-state index contributed by atoms with van der Waals surface area (Å²) in [7, 11) is 5.53. The molecule has 0 spiro atoms. The summed E-state index contributed by atoms with van der Waals surface area (Å²) in [4.78, 5) is 4.69. The standard InChI is InChI=1S/C20H30N2O2/c1-7-22(8-2)15(3)17-9-18(14-21(4)13-17)16-10-19(23-5)12-20(11-16)24-6/h9-12,17H,3,7-8,13-14H2,1-2,4-6H3/t17-/m0/s1. The summed E-state index contributed by atoms with van der Waals surface area (Å²) >= 11 is 0. The van der Waals surface area contributed by atoms with Crippen LogP contribution in [0.1, 0.15) is 19.4 Å². The number of methoxy groups -OCH3 is 2. The molecule has 0 unspecified atom stereocenters. The molecule has 0 fully saturated rings. The van der Waals surface area contributed by atoms with Crippen molar-refractivity contribution in [1.29, 1.82) is 0 Å². The molecule has 0 bridgehead atoms. The highest BCUT2D eigenvalue weighted by Crippen LogP contribution is 2.32. The lowest BCUT2D eigenvalue weighted by atomic mass is 9.92. The SMILES string of the molecule is C=C([C@H]1C=C(c2cc(OC)cc(OC)c2)CN(C)C1)N(CC)CC. The van der Waals surface area contributed by atoms with E-state index >= 15 is 0 Å². The quantitative estimate of drug-likeness (QED) is 0.764. The van der Waals surface area contributed by atoms with Crippen molar-refractivity contribution >= 4 is 5.57 Å². The summed E-state index contributed by atoms with van der Waals surface area (Å²) in [5.41, 5.74) is 3.63. The number of hydrogen-bond donors (Lipinski definition) is 0. The molecule has 1 aliphatic rings. The number of hydrogen-bond acceptors (Lipinski definition) is 4. The third-order valence-electron chi connectivity index (χ3n) is 4.67. The molecule has 0 saturated carbocycles. The fourth-order valence-electron chi connectivity index (χ4n) is 3.29. The third-order valence-corrected chi connectivity index (χ3v) is 4.67. The number of ether oxygens (including phenoxy) is 2. The third kappa shape index (κ3) is 4.12. The molecular weight excluding hydrogens is 300 g/mol. The van der Waals surface area contributed by atoms with Gasteiger partial charge in [0.25, 0.3) is 0 Å². The Balaban J connectivity index is 2.36. The van der Waals surface area contributed by atoms with E-state index in [1.165, 1.54) is 11.3 Å². The average molecular weight is 330 g/mol. The van der Waals surface area contributed by atoms with Gasteiger partial charge in [-0.15, -0.1) is 0 Å². The van der Waals surface area contributed by atoms with Crippen LogP contribution >= 0.6 is 0 Å². The largest absolute Gasteiger partial charge is 0.497 e. The Hall–Kier alpha value is -1.94. The topological polar surface area (TPSA) is 24.9 Å². The summed E-state index contributed by atoms with van der Waals surface area (Å²) < 4.78 is 10.8. The second-order valence-corrected chi connectivity index (χ2v) is 6.26. The van der Waals surface area contributed by atoms with Gasteiger partial charge in [-0.1, -0.05) is 12.7 Å². The molecule has 1 atom stereocenters. The van der Waals surface area contributed by atoms with E-state index in [-0.39, 0.29) is 0 Å². The molecule has 4 nitrogen and oxygen atoms in total. The fourth-order valence-corrected chi connectivity index (χ4v) is 3.29. The van der Waals surface area contributed by atoms with Crippen LogP contribution < -0.4 is 9.47 Å². The van der Waals surface area contributed by atoms with Gasteiger partial charge in [0.1, 0.15) is 11.5 Å². The fraction of sp³-hybridized carbons (Fsp3) is 0.500. The number of benzene rings is 1. The maximum atomic E-state index is 5.42. The number of rotatable bonds is 7. The Morgan fingerprint density at radius 3 is 2.25 bits per heavy atom. The summed E-state index contributed by atoms with van der Waals surface area (Å²) in [6, 6.07) is 6.05. The molecule has 24 heavy (non-hydrogen) atoms. The minimum atomic E-state index is 0.329. The molecule has 1 aromatic rings. The summed E-state index contributed by atoms with van der Waals surface area (Å²) in [5.74, 6) is 1.96. The highest BCUT2D eigenvalue weighted by Gasteiger charge is 2.23. The van der Waals surface area contributed by atoms with Crippen LogP contribution in [-0.4, -0.2) is 57.2 Å². The molecule has 0 radical (unpaired) electrons. The van der Waals surface area contributed by atoms with E-state index in [4.69, 9.17) is 9.47 Å². The lowest BCUT2D eigenvalue weighted by molar-refractivity contribution is 0.284. The van der Waals surface area contributed by atoms with E-state index < -0.39 is 0 Å². The first-order valence-corrected chi connectivity index (χ1v) is 8.58. The van der Waals surface area contributed by atoms with E-state index in [0.29, 0.717) is 5.92 Å². The van der Waals surface area contributed by atoms with Gasteiger partial charge in [-0.05, 0) is 44.2 Å². The van der Waals surface area contributed by atoms with Gasteiger partial charge in [0, 0.05) is 43.9 Å². The molecule has 0 aromatic heterocycles. The first-order valence-electron chi connectivity index (χ1n) is 8.58. The van der Waals surface area contributed by atoms with Crippen molar-refractivity contribution in [1.82, 2.24) is 9.80 Å². The molecule has 0 N–H and O–H groups in total. The van der Waals surface area contributed by atoms with Gasteiger partial charge in [0.05, 0.1) is 14.2 Å². The van der Waals surface area contributed by atoms with Crippen LogP contribution in [0, 0.1) is 5.92 Å². The van der Waals surface area contributed by atoms with Crippen LogP contribution in [-0.2, 0) is 0 Å². The lowest BCUT2D eigenvalue weighted by Crippen LogP contribution is -2.36. The predicted octanol–water partition coefficient (Wildman–Crippen LogP) is 3.50. The molecule has 1 aliphatic heterocycles. The smallest absolute Gasteiger partial charge is 0.123 e. The van der Waals surface area contributed by atoms with Gasteiger partial charge in [-0.3, -0.25) is 0 Å². The van der Waals surface area contributed by atoms with Crippen molar-refractivity contribution < 1.29 is 9.47 Å². The monoisotopic (exact) mass is 330 g/mol. The molecule has 0 amide bonds. The normalized spacial score (nSPS) is 18.0. The number of nitrogens with zero attached hydrogens (tertiary/aromatic N) is 2. The Morgan fingerprint density at radius 1 is 1.17 bits per heavy atom. The van der Waals surface area contributed by atoms with Gasteiger partial charge >= 0.3 is 0 Å². The Labute approximate surface area is 146 Å². The second kappa shape index (κ2) is 8.25. The Kier molecular flexibility index (Phi) is 6.32. The zero-order valence-corrected chi connectivity index (χ0v) is 15.6. The van der Waals surface area contributed by atoms with Crippen LogP contribution in [0.4, 0.5) is 0 Å². The zero-order valence-electron chi connectivity index (χ0n) is 15.6. The maximum absolute atomic E-state index is 5.42. The second-order valence-electron chi connectivity index (χ2n) is 6.26. The van der Waals surface area contributed by atoms with Crippen molar-refractivity contribution in [3.05, 3.63) is 42.1 Å². The van der Waals surface area contributed by atoms with Crippen LogP contribution in [0.25, 0.3) is 5.57 Å². The summed E-state index contributed by atoms with van der Waals surface area (Å²) in [6.45, 7) is 12.6. The number of likely N-dealkylation sites (N-methyl/N-ethyl adjacent to an activating group) is 1. The van der Waals surface area contributed by atoms with Crippen molar-refractivity contribution in [3.8, 4) is 11.5 Å². The summed E-state index contributed by atoms with van der Waals surface area (Å²) in [6.07, 6.45) is 2.36. The van der Waals surface area contributed by atoms with Crippen LogP contribution in [0.5, 0.6) is 11.5 Å². The van der Waals surface area contributed by atoms with Gasteiger partial charge in [0.2, 0.25) is 0 Å². The van der Waals surface area contributed by atoms with Gasteiger partial charge in [-0.25, -0.2) is 0 Å². The van der Waals surface area contributed by atoms with Crippen molar-refractivity contribution in [3.63, 3.8) is 0 Å². The highest BCUT2D eigenvalue weighted by molar-refractivity contribution is 5.70. The van der Waals surface area contributed by atoms with E-state index in [9.17, 15) is 0 Å². The minimum absolute atomic E-state index is 0.329. The van der Waals surface area contributed by atoms with E-state index in [2.05, 4.69) is 55.5 Å². The maximum Gasteiger partial charge on any atom is 0.123 e. The van der Waals surface area contributed by atoms with E-state index in [1.807, 2.05) is 6.07 Å². The van der Waals surface area contributed by atoms with Gasteiger partial charge in [-0.2, -0.15) is 0 Å². The zero-order chi connectivity index (χ0) is 17.7. The molecule has 0 aliphatic carbocycles. The first-order chi connectivity index (χ1) is 11.5. The molecular formula is C20H30N2O2. The molecule has 4 heteroatoms. The lowest BCUT2D eigenvalue weighted by Gasteiger charge is -2.35.